The standard InChI is InChI=1S/C13H19O2/c1-5-14-12-9-7-8-11(10(3)4)13(12)15-6-2/h7-9H,5-6H2,1-4H3. The van der Waals surface area contributed by atoms with Crippen molar-refractivity contribution >= 4 is 0 Å². The highest BCUT2D eigenvalue weighted by Crippen LogP contribution is 2.35. The Morgan fingerprint density at radius 1 is 1.07 bits per heavy atom. The molecular weight excluding hydrogens is 188 g/mol. The van der Waals surface area contributed by atoms with Gasteiger partial charge < -0.3 is 9.47 Å². The van der Waals surface area contributed by atoms with Gasteiger partial charge in [0, 0.05) is 11.5 Å². The maximum Gasteiger partial charge on any atom is 0.164 e. The zero-order chi connectivity index (χ0) is 11.3. The summed E-state index contributed by atoms with van der Waals surface area (Å²) in [7, 11) is 0. The van der Waals surface area contributed by atoms with E-state index in [2.05, 4.69) is 19.9 Å². The molecule has 0 heterocycles. The summed E-state index contributed by atoms with van der Waals surface area (Å²) in [6.45, 7) is 9.43. The lowest BCUT2D eigenvalue weighted by molar-refractivity contribution is 0.286. The molecular formula is C13H19O2. The van der Waals surface area contributed by atoms with E-state index in [0.29, 0.717) is 13.2 Å². The summed E-state index contributed by atoms with van der Waals surface area (Å²) in [5, 5.41) is 0. The molecule has 1 rings (SSSR count). The van der Waals surface area contributed by atoms with Gasteiger partial charge in [0.2, 0.25) is 0 Å². The lowest BCUT2D eigenvalue weighted by atomic mass is 10.0. The quantitative estimate of drug-likeness (QED) is 0.736. The van der Waals surface area contributed by atoms with Crippen LogP contribution in [-0.4, -0.2) is 13.2 Å². The number of hydrogen-bond donors (Lipinski definition) is 0. The van der Waals surface area contributed by atoms with E-state index in [4.69, 9.17) is 9.47 Å². The van der Waals surface area contributed by atoms with Crippen LogP contribution in [0.15, 0.2) is 18.2 Å². The zero-order valence-corrected chi connectivity index (χ0v) is 9.96. The minimum Gasteiger partial charge on any atom is -0.490 e. The van der Waals surface area contributed by atoms with Crippen molar-refractivity contribution in [3.05, 3.63) is 29.7 Å². The zero-order valence-electron chi connectivity index (χ0n) is 9.96. The van der Waals surface area contributed by atoms with Crippen molar-refractivity contribution in [3.63, 3.8) is 0 Å². The molecule has 15 heavy (non-hydrogen) atoms. The molecule has 1 aromatic rings. The van der Waals surface area contributed by atoms with Crippen LogP contribution in [-0.2, 0) is 0 Å². The Balaban J connectivity index is 3.09. The molecule has 0 amide bonds. The molecule has 0 aliphatic heterocycles. The minimum absolute atomic E-state index is 0.657. The molecule has 0 saturated heterocycles. The van der Waals surface area contributed by atoms with Crippen molar-refractivity contribution in [1.29, 1.82) is 0 Å². The highest BCUT2D eigenvalue weighted by molar-refractivity contribution is 5.51. The predicted molar refractivity (Wildman–Crippen MR) is 62.5 cm³/mol. The van der Waals surface area contributed by atoms with Crippen LogP contribution in [0.3, 0.4) is 0 Å². The molecule has 0 aliphatic carbocycles. The van der Waals surface area contributed by atoms with Gasteiger partial charge in [-0.2, -0.15) is 0 Å². The van der Waals surface area contributed by atoms with Gasteiger partial charge in [0.25, 0.3) is 0 Å². The summed E-state index contributed by atoms with van der Waals surface area (Å²) >= 11 is 0. The molecule has 1 aromatic carbocycles. The Hall–Kier alpha value is -1.18. The first-order valence-corrected chi connectivity index (χ1v) is 5.39. The van der Waals surface area contributed by atoms with Crippen LogP contribution < -0.4 is 9.47 Å². The van der Waals surface area contributed by atoms with Crippen LogP contribution in [0.1, 0.15) is 33.3 Å². The van der Waals surface area contributed by atoms with Crippen LogP contribution in [0.5, 0.6) is 11.5 Å². The third-order valence-electron chi connectivity index (χ3n) is 2.11. The van der Waals surface area contributed by atoms with Gasteiger partial charge >= 0.3 is 0 Å². The highest BCUT2D eigenvalue weighted by Gasteiger charge is 2.13. The van der Waals surface area contributed by atoms with Gasteiger partial charge in [-0.1, -0.05) is 26.0 Å². The van der Waals surface area contributed by atoms with Gasteiger partial charge in [-0.05, 0) is 19.9 Å². The topological polar surface area (TPSA) is 18.5 Å². The largest absolute Gasteiger partial charge is 0.490 e. The van der Waals surface area contributed by atoms with Crippen molar-refractivity contribution in [2.24, 2.45) is 0 Å². The molecule has 0 aliphatic rings. The fraction of sp³-hybridized carbons (Fsp3) is 0.462. The predicted octanol–water partition coefficient (Wildman–Crippen LogP) is 3.45. The van der Waals surface area contributed by atoms with Crippen LogP contribution in [0.25, 0.3) is 0 Å². The Morgan fingerprint density at radius 3 is 2.27 bits per heavy atom. The van der Waals surface area contributed by atoms with Gasteiger partial charge in [0.1, 0.15) is 0 Å². The summed E-state index contributed by atoms with van der Waals surface area (Å²) in [5.74, 6) is 2.93. The number of rotatable bonds is 5. The molecule has 0 fully saturated rings. The SMILES string of the molecule is CCOc1cccc([C](C)C)c1OCC. The van der Waals surface area contributed by atoms with Gasteiger partial charge in [0.15, 0.2) is 11.5 Å². The molecule has 0 atom stereocenters. The van der Waals surface area contributed by atoms with E-state index in [1.807, 2.05) is 26.0 Å². The van der Waals surface area contributed by atoms with Crippen LogP contribution in [0, 0.1) is 5.92 Å². The summed E-state index contributed by atoms with van der Waals surface area (Å²) < 4.78 is 11.2. The van der Waals surface area contributed by atoms with E-state index in [1.165, 1.54) is 5.92 Å². The number of benzene rings is 1. The lowest BCUT2D eigenvalue weighted by Gasteiger charge is -2.16. The van der Waals surface area contributed by atoms with Gasteiger partial charge in [-0.15, -0.1) is 0 Å². The average Bonchev–Trinajstić information content (AvgIpc) is 2.21. The Kier molecular flexibility index (Phi) is 4.47. The number of ether oxygens (including phenoxy) is 2. The molecule has 0 N–H and O–H groups in total. The molecule has 2 nitrogen and oxygen atoms in total. The fourth-order valence-electron chi connectivity index (χ4n) is 1.47. The molecule has 0 aromatic heterocycles. The van der Waals surface area contributed by atoms with Gasteiger partial charge in [0.05, 0.1) is 13.2 Å². The molecule has 1 radical (unpaired) electrons. The van der Waals surface area contributed by atoms with Crippen molar-refractivity contribution in [1.82, 2.24) is 0 Å². The first-order chi connectivity index (χ1) is 7.20. The molecule has 0 bridgehead atoms. The normalized spacial score (nSPS) is 10.5. The molecule has 2 heteroatoms. The molecule has 0 saturated carbocycles. The van der Waals surface area contributed by atoms with Crippen LogP contribution in [0.4, 0.5) is 0 Å². The second-order valence-corrected chi connectivity index (χ2v) is 3.50. The highest BCUT2D eigenvalue weighted by atomic mass is 16.5. The summed E-state index contributed by atoms with van der Waals surface area (Å²) in [5.41, 5.74) is 1.13. The lowest BCUT2D eigenvalue weighted by Crippen LogP contribution is -2.02. The first-order valence-electron chi connectivity index (χ1n) is 5.39. The van der Waals surface area contributed by atoms with Crippen LogP contribution in [0.2, 0.25) is 0 Å². The van der Waals surface area contributed by atoms with Crippen LogP contribution >= 0.6 is 0 Å². The van der Waals surface area contributed by atoms with E-state index < -0.39 is 0 Å². The number of para-hydroxylation sites is 1. The first kappa shape index (κ1) is 11.9. The minimum atomic E-state index is 0.657. The molecule has 83 valence electrons. The maximum absolute atomic E-state index is 5.64. The summed E-state index contributed by atoms with van der Waals surface area (Å²) in [6.07, 6.45) is 0. The third kappa shape index (κ3) is 2.88. The Labute approximate surface area is 92.2 Å². The Morgan fingerprint density at radius 2 is 1.73 bits per heavy atom. The second kappa shape index (κ2) is 5.64. The fourth-order valence-corrected chi connectivity index (χ4v) is 1.47. The second-order valence-electron chi connectivity index (χ2n) is 3.50. The smallest absolute Gasteiger partial charge is 0.164 e. The molecule has 0 spiro atoms. The van der Waals surface area contributed by atoms with E-state index in [1.54, 1.807) is 0 Å². The van der Waals surface area contributed by atoms with E-state index >= 15 is 0 Å². The van der Waals surface area contributed by atoms with Gasteiger partial charge in [-0.3, -0.25) is 0 Å². The summed E-state index contributed by atoms with van der Waals surface area (Å²) in [4.78, 5) is 0. The molecule has 0 unspecified atom stereocenters. The van der Waals surface area contributed by atoms with Gasteiger partial charge in [-0.25, -0.2) is 0 Å². The van der Waals surface area contributed by atoms with E-state index in [9.17, 15) is 0 Å². The van der Waals surface area contributed by atoms with E-state index in [0.717, 1.165) is 17.1 Å². The van der Waals surface area contributed by atoms with E-state index in [-0.39, 0.29) is 0 Å². The monoisotopic (exact) mass is 207 g/mol. The Bertz CT molecular complexity index is 305. The third-order valence-corrected chi connectivity index (χ3v) is 2.11. The van der Waals surface area contributed by atoms with Crippen molar-refractivity contribution in [2.45, 2.75) is 27.7 Å². The number of hydrogen-bond acceptors (Lipinski definition) is 2. The van der Waals surface area contributed by atoms with Crippen molar-refractivity contribution < 1.29 is 9.47 Å². The van der Waals surface area contributed by atoms with Crippen molar-refractivity contribution in [3.8, 4) is 11.5 Å². The average molecular weight is 207 g/mol. The van der Waals surface area contributed by atoms with Crippen molar-refractivity contribution in [2.75, 3.05) is 13.2 Å². The maximum atomic E-state index is 5.64. The summed E-state index contributed by atoms with van der Waals surface area (Å²) in [6, 6.07) is 6.00.